The fourth-order valence-corrected chi connectivity index (χ4v) is 2.54. The molecule has 1 heterocycles. The molecule has 1 N–H and O–H groups in total. The van der Waals surface area contributed by atoms with Gasteiger partial charge in [0.15, 0.2) is 5.75 Å². The number of nitriles is 1. The molecule has 0 aliphatic rings. The molecule has 0 aliphatic carbocycles. The van der Waals surface area contributed by atoms with Gasteiger partial charge in [0.1, 0.15) is 18.2 Å². The number of aromatic hydroxyl groups is 1. The van der Waals surface area contributed by atoms with Gasteiger partial charge in [-0.05, 0) is 37.6 Å². The van der Waals surface area contributed by atoms with Crippen molar-refractivity contribution >= 4 is 23.8 Å². The maximum atomic E-state index is 12.4. The minimum atomic E-state index is -1.23. The zero-order chi connectivity index (χ0) is 23.0. The topological polar surface area (TPSA) is 156 Å². The third-order valence-electron chi connectivity index (χ3n) is 4.12. The van der Waals surface area contributed by atoms with E-state index in [0.717, 1.165) is 18.2 Å². The standard InChI is InChI=1S/C20H19N3O8/c1-3-22(4-2)19(25)15(10-21)7-14-8-16(23(27)28)18(24)17(9-14)31-20(26)30-12-13-5-6-29-11-13/h5-9,11,24H,3-4,12H2,1-2H3. The number of hydrogen-bond acceptors (Lipinski definition) is 9. The molecule has 2 aromatic rings. The summed E-state index contributed by atoms with van der Waals surface area (Å²) in [5.41, 5.74) is -0.521. The summed E-state index contributed by atoms with van der Waals surface area (Å²) in [5, 5.41) is 30.7. The Hall–Kier alpha value is -4.33. The van der Waals surface area contributed by atoms with Crippen molar-refractivity contribution in [2.24, 2.45) is 0 Å². The van der Waals surface area contributed by atoms with Crippen LogP contribution >= 0.6 is 0 Å². The molecule has 31 heavy (non-hydrogen) atoms. The Morgan fingerprint density at radius 3 is 2.61 bits per heavy atom. The van der Waals surface area contributed by atoms with Gasteiger partial charge in [0, 0.05) is 24.7 Å². The van der Waals surface area contributed by atoms with Crippen molar-refractivity contribution in [2.75, 3.05) is 13.1 Å². The molecule has 0 saturated carbocycles. The van der Waals surface area contributed by atoms with Crippen LogP contribution in [0.2, 0.25) is 0 Å². The van der Waals surface area contributed by atoms with Crippen LogP contribution in [0.5, 0.6) is 11.5 Å². The molecular formula is C20H19N3O8. The number of rotatable bonds is 8. The quantitative estimate of drug-likeness (QED) is 0.166. The fourth-order valence-electron chi connectivity index (χ4n) is 2.54. The van der Waals surface area contributed by atoms with Crippen molar-refractivity contribution in [3.8, 4) is 17.6 Å². The Labute approximate surface area is 176 Å². The molecule has 1 aromatic heterocycles. The van der Waals surface area contributed by atoms with Gasteiger partial charge < -0.3 is 23.9 Å². The number of ether oxygens (including phenoxy) is 2. The summed E-state index contributed by atoms with van der Waals surface area (Å²) < 4.78 is 14.6. The first-order chi connectivity index (χ1) is 14.8. The average molecular weight is 429 g/mol. The zero-order valence-corrected chi connectivity index (χ0v) is 16.7. The maximum Gasteiger partial charge on any atom is 0.514 e. The van der Waals surface area contributed by atoms with Crippen molar-refractivity contribution in [1.82, 2.24) is 4.90 Å². The highest BCUT2D eigenvalue weighted by atomic mass is 16.7. The van der Waals surface area contributed by atoms with E-state index in [9.17, 15) is 30.1 Å². The number of likely N-dealkylation sites (N-methyl/N-ethyl adjacent to an activating group) is 1. The molecule has 11 heteroatoms. The van der Waals surface area contributed by atoms with Crippen molar-refractivity contribution in [3.63, 3.8) is 0 Å². The first-order valence-corrected chi connectivity index (χ1v) is 9.08. The lowest BCUT2D eigenvalue weighted by molar-refractivity contribution is -0.385. The van der Waals surface area contributed by atoms with Crippen molar-refractivity contribution in [2.45, 2.75) is 20.5 Å². The van der Waals surface area contributed by atoms with E-state index < -0.39 is 34.2 Å². The summed E-state index contributed by atoms with van der Waals surface area (Å²) in [6.45, 7) is 4.02. The highest BCUT2D eigenvalue weighted by molar-refractivity contribution is 6.01. The molecule has 162 valence electrons. The van der Waals surface area contributed by atoms with Crippen LogP contribution in [0.3, 0.4) is 0 Å². The van der Waals surface area contributed by atoms with E-state index in [4.69, 9.17) is 13.9 Å². The molecule has 0 bridgehead atoms. The van der Waals surface area contributed by atoms with Gasteiger partial charge in [0.2, 0.25) is 5.75 Å². The van der Waals surface area contributed by atoms with E-state index in [1.165, 1.54) is 17.4 Å². The lowest BCUT2D eigenvalue weighted by Crippen LogP contribution is -2.31. The average Bonchev–Trinajstić information content (AvgIpc) is 3.26. The lowest BCUT2D eigenvalue weighted by Gasteiger charge is -2.17. The van der Waals surface area contributed by atoms with Crippen LogP contribution < -0.4 is 4.74 Å². The number of nitro groups is 1. The van der Waals surface area contributed by atoms with Crippen molar-refractivity contribution in [3.05, 3.63) is 57.5 Å². The van der Waals surface area contributed by atoms with Crippen LogP contribution in [0, 0.1) is 21.4 Å². The smallest absolute Gasteiger partial charge is 0.499 e. The number of carbonyl (C=O) groups is 2. The van der Waals surface area contributed by atoms with Crippen LogP contribution in [0.15, 0.2) is 40.7 Å². The second-order valence-electron chi connectivity index (χ2n) is 6.06. The van der Waals surface area contributed by atoms with E-state index in [1.54, 1.807) is 26.0 Å². The van der Waals surface area contributed by atoms with Gasteiger partial charge in [-0.1, -0.05) is 0 Å². The highest BCUT2D eigenvalue weighted by Crippen LogP contribution is 2.38. The lowest BCUT2D eigenvalue weighted by atomic mass is 10.1. The molecule has 2 rings (SSSR count). The number of carbonyl (C=O) groups excluding carboxylic acids is 2. The third kappa shape index (κ3) is 5.83. The Morgan fingerprint density at radius 1 is 1.35 bits per heavy atom. The van der Waals surface area contributed by atoms with Crippen LogP contribution in [0.25, 0.3) is 6.08 Å². The van der Waals surface area contributed by atoms with Gasteiger partial charge in [0.25, 0.3) is 5.91 Å². The summed E-state index contributed by atoms with van der Waals surface area (Å²) in [7, 11) is 0. The predicted octanol–water partition coefficient (Wildman–Crippen LogP) is 3.38. The number of nitrogens with zero attached hydrogens (tertiary/aromatic N) is 3. The van der Waals surface area contributed by atoms with Crippen LogP contribution in [0.1, 0.15) is 25.0 Å². The number of phenols is 1. The molecule has 0 radical (unpaired) electrons. The Morgan fingerprint density at radius 2 is 2.06 bits per heavy atom. The summed E-state index contributed by atoms with van der Waals surface area (Å²) in [4.78, 5) is 36.1. The molecular weight excluding hydrogens is 410 g/mol. The number of hydrogen-bond donors (Lipinski definition) is 1. The first kappa shape index (κ1) is 23.0. The van der Waals surface area contributed by atoms with Gasteiger partial charge in [-0.2, -0.15) is 5.26 Å². The second kappa shape index (κ2) is 10.4. The summed E-state index contributed by atoms with van der Waals surface area (Å²) in [5.74, 6) is -2.04. The molecule has 0 unspecified atom stereocenters. The molecule has 0 spiro atoms. The van der Waals surface area contributed by atoms with Crippen molar-refractivity contribution < 1.29 is 33.5 Å². The number of benzene rings is 1. The molecule has 1 amide bonds. The van der Waals surface area contributed by atoms with E-state index in [-0.39, 0.29) is 17.7 Å². The van der Waals surface area contributed by atoms with E-state index >= 15 is 0 Å². The van der Waals surface area contributed by atoms with Gasteiger partial charge in [-0.25, -0.2) is 4.79 Å². The van der Waals surface area contributed by atoms with Crippen molar-refractivity contribution in [1.29, 1.82) is 5.26 Å². The molecule has 0 fully saturated rings. The third-order valence-corrected chi connectivity index (χ3v) is 4.12. The van der Waals surface area contributed by atoms with Crippen LogP contribution in [-0.2, 0) is 16.1 Å². The largest absolute Gasteiger partial charge is 0.514 e. The minimum absolute atomic E-state index is 0.000749. The summed E-state index contributed by atoms with van der Waals surface area (Å²) in [6.07, 6.45) is 2.60. The Bertz CT molecular complexity index is 1030. The number of furan rings is 1. The van der Waals surface area contributed by atoms with Crippen LogP contribution in [-0.4, -0.2) is 40.1 Å². The zero-order valence-electron chi connectivity index (χ0n) is 16.7. The maximum absolute atomic E-state index is 12.4. The van der Waals surface area contributed by atoms with Gasteiger partial charge in [-0.3, -0.25) is 14.9 Å². The van der Waals surface area contributed by atoms with E-state index in [1.807, 2.05) is 0 Å². The van der Waals surface area contributed by atoms with Gasteiger partial charge >= 0.3 is 11.8 Å². The normalized spacial score (nSPS) is 10.8. The monoisotopic (exact) mass is 429 g/mol. The Balaban J connectivity index is 2.35. The molecule has 0 aliphatic heterocycles. The minimum Gasteiger partial charge on any atom is -0.499 e. The van der Waals surface area contributed by atoms with E-state index in [0.29, 0.717) is 18.7 Å². The predicted molar refractivity (Wildman–Crippen MR) is 106 cm³/mol. The molecule has 11 nitrogen and oxygen atoms in total. The van der Waals surface area contributed by atoms with E-state index in [2.05, 4.69) is 0 Å². The summed E-state index contributed by atoms with van der Waals surface area (Å²) in [6, 6.07) is 5.34. The Kier molecular flexibility index (Phi) is 7.74. The number of amides is 1. The molecule has 0 saturated heterocycles. The SMILES string of the molecule is CCN(CC)C(=O)C(C#N)=Cc1cc(OC(=O)OCc2ccoc2)c(O)c([N+](=O)[O-])c1. The number of nitro benzene ring substituents is 1. The molecule has 1 aromatic carbocycles. The highest BCUT2D eigenvalue weighted by Gasteiger charge is 2.23. The summed E-state index contributed by atoms with van der Waals surface area (Å²) >= 11 is 0. The molecule has 0 atom stereocenters. The van der Waals surface area contributed by atoms with Gasteiger partial charge in [-0.15, -0.1) is 0 Å². The van der Waals surface area contributed by atoms with Gasteiger partial charge in [0.05, 0.1) is 17.4 Å². The first-order valence-electron chi connectivity index (χ1n) is 9.08. The van der Waals surface area contributed by atoms with Crippen LogP contribution in [0.4, 0.5) is 10.5 Å². The fraction of sp³-hybridized carbons (Fsp3) is 0.250. The number of phenolic OH excluding ortho intramolecular Hbond substituents is 1. The second-order valence-corrected chi connectivity index (χ2v) is 6.06.